The molecule has 2 aromatic rings. The minimum absolute atomic E-state index is 0.0848. The summed E-state index contributed by atoms with van der Waals surface area (Å²) < 4.78 is 48.3. The van der Waals surface area contributed by atoms with Crippen molar-refractivity contribution in [2.24, 2.45) is 0 Å². The largest absolute Gasteiger partial charge is 0.494 e. The van der Waals surface area contributed by atoms with Gasteiger partial charge in [-0.3, -0.25) is 14.5 Å². The second-order valence-corrected chi connectivity index (χ2v) is 6.70. The summed E-state index contributed by atoms with van der Waals surface area (Å²) in [7, 11) is 0. The van der Waals surface area contributed by atoms with E-state index >= 15 is 0 Å². The van der Waals surface area contributed by atoms with Gasteiger partial charge in [0.05, 0.1) is 13.2 Å². The number of nitrogens with one attached hydrogen (secondary N) is 2. The maximum atomic E-state index is 12.1. The number of aromatic amines is 1. The smallest absolute Gasteiger partial charge is 0.411 e. The van der Waals surface area contributed by atoms with Crippen molar-refractivity contribution in [2.45, 2.75) is 39.0 Å². The molecule has 1 aromatic heterocycles. The number of halogens is 3. The summed E-state index contributed by atoms with van der Waals surface area (Å²) in [5.41, 5.74) is 0.801. The fourth-order valence-electron chi connectivity index (χ4n) is 2.57. The lowest BCUT2D eigenvalue weighted by atomic mass is 10.2. The Balaban J connectivity index is 1.91. The number of rotatable bonds is 10. The number of benzene rings is 1. The van der Waals surface area contributed by atoms with Crippen LogP contribution in [0.1, 0.15) is 20.3 Å². The van der Waals surface area contributed by atoms with Crippen LogP contribution in [-0.2, 0) is 16.1 Å². The number of hydrogen-bond acceptors (Lipinski definition) is 5. The Labute approximate surface area is 171 Å². The number of carbonyl (C=O) groups is 1. The van der Waals surface area contributed by atoms with Crippen molar-refractivity contribution in [3.8, 4) is 17.1 Å². The van der Waals surface area contributed by atoms with E-state index in [1.54, 1.807) is 11.5 Å². The number of alkyl halides is 3. The molecule has 0 saturated heterocycles. The lowest BCUT2D eigenvalue weighted by Gasteiger charge is -2.15. The van der Waals surface area contributed by atoms with Crippen molar-refractivity contribution in [2.75, 3.05) is 19.8 Å². The number of hydrogen-bond donors (Lipinski definition) is 2. The topological polar surface area (TPSA) is 81.2 Å². The van der Waals surface area contributed by atoms with E-state index < -0.39 is 18.8 Å². The summed E-state index contributed by atoms with van der Waals surface area (Å²) in [5, 5.41) is 9.52. The first-order valence-corrected chi connectivity index (χ1v) is 9.42. The number of carbonyl (C=O) groups excluding carboxylic acids is 1. The molecular weight excluding hydrogens is 409 g/mol. The van der Waals surface area contributed by atoms with Gasteiger partial charge in [-0.15, -0.1) is 0 Å². The molecule has 0 fully saturated rings. The summed E-state index contributed by atoms with van der Waals surface area (Å²) in [5.74, 6) is 0.985. The van der Waals surface area contributed by atoms with Gasteiger partial charge in [0.15, 0.2) is 10.6 Å². The fourth-order valence-corrected chi connectivity index (χ4v) is 2.79. The predicted octanol–water partition coefficient (Wildman–Crippen LogP) is 3.48. The highest BCUT2D eigenvalue weighted by Crippen LogP contribution is 2.21. The zero-order chi connectivity index (χ0) is 21.4. The minimum Gasteiger partial charge on any atom is -0.494 e. The normalized spacial score (nSPS) is 12.6. The number of ether oxygens (including phenoxy) is 2. The summed E-state index contributed by atoms with van der Waals surface area (Å²) in [6.07, 6.45) is -4.31. The van der Waals surface area contributed by atoms with Gasteiger partial charge in [-0.2, -0.15) is 18.3 Å². The van der Waals surface area contributed by atoms with Gasteiger partial charge in [-0.25, -0.2) is 0 Å². The van der Waals surface area contributed by atoms with Gasteiger partial charge >= 0.3 is 6.18 Å². The van der Waals surface area contributed by atoms with E-state index in [1.807, 2.05) is 31.2 Å². The standard InChI is InChI=1S/C18H23F3N4O3S/c1-3-28-14-6-4-13(5-7-14)16-23-24-17(29)25(16)9-8-15(26)22-12(2)10-27-11-18(19,20)21/h4-7,12H,3,8-11H2,1-2H3,(H,22,26)(H,24,29). The molecule has 1 aromatic carbocycles. The highest BCUT2D eigenvalue weighted by atomic mass is 32.1. The van der Waals surface area contributed by atoms with Crippen LogP contribution < -0.4 is 10.1 Å². The van der Waals surface area contributed by atoms with Gasteiger partial charge in [-0.05, 0) is 50.3 Å². The van der Waals surface area contributed by atoms with Crippen molar-refractivity contribution in [1.29, 1.82) is 0 Å². The number of amides is 1. The Morgan fingerprint density at radius 1 is 1.34 bits per heavy atom. The number of H-pyrrole nitrogens is 1. The molecule has 1 atom stereocenters. The fraction of sp³-hybridized carbons (Fsp3) is 0.500. The van der Waals surface area contributed by atoms with Crippen molar-refractivity contribution in [3.05, 3.63) is 29.0 Å². The predicted molar refractivity (Wildman–Crippen MR) is 103 cm³/mol. The molecule has 0 saturated carbocycles. The minimum atomic E-state index is -4.39. The van der Waals surface area contributed by atoms with Crippen LogP contribution in [0.3, 0.4) is 0 Å². The maximum Gasteiger partial charge on any atom is 0.411 e. The molecule has 1 amide bonds. The van der Waals surface area contributed by atoms with E-state index in [9.17, 15) is 18.0 Å². The molecule has 1 unspecified atom stereocenters. The van der Waals surface area contributed by atoms with Crippen LogP contribution in [0.5, 0.6) is 5.75 Å². The molecular formula is C18H23F3N4O3S. The maximum absolute atomic E-state index is 12.1. The highest BCUT2D eigenvalue weighted by Gasteiger charge is 2.27. The van der Waals surface area contributed by atoms with Crippen LogP contribution in [0.15, 0.2) is 24.3 Å². The van der Waals surface area contributed by atoms with Gasteiger partial charge in [0.2, 0.25) is 5.91 Å². The Kier molecular flexibility index (Phi) is 8.21. The molecule has 7 nitrogen and oxygen atoms in total. The van der Waals surface area contributed by atoms with Crippen LogP contribution in [0.4, 0.5) is 13.2 Å². The molecule has 160 valence electrons. The Morgan fingerprint density at radius 3 is 2.66 bits per heavy atom. The monoisotopic (exact) mass is 432 g/mol. The van der Waals surface area contributed by atoms with Crippen LogP contribution >= 0.6 is 12.2 Å². The van der Waals surface area contributed by atoms with Gasteiger partial charge in [-0.1, -0.05) is 0 Å². The Morgan fingerprint density at radius 2 is 2.03 bits per heavy atom. The Bertz CT molecular complexity index is 849. The lowest BCUT2D eigenvalue weighted by Crippen LogP contribution is -2.37. The molecule has 0 aliphatic rings. The van der Waals surface area contributed by atoms with Crippen molar-refractivity contribution >= 4 is 18.1 Å². The van der Waals surface area contributed by atoms with E-state index in [-0.39, 0.29) is 25.5 Å². The molecule has 0 radical (unpaired) electrons. The quantitative estimate of drug-likeness (QED) is 0.562. The third-order valence-electron chi connectivity index (χ3n) is 3.79. The van der Waals surface area contributed by atoms with Gasteiger partial charge in [0, 0.05) is 24.6 Å². The average molecular weight is 432 g/mol. The Hall–Kier alpha value is -2.40. The second kappa shape index (κ2) is 10.4. The van der Waals surface area contributed by atoms with E-state index in [0.29, 0.717) is 17.2 Å². The van der Waals surface area contributed by atoms with Crippen LogP contribution in [0.25, 0.3) is 11.4 Å². The van der Waals surface area contributed by atoms with Crippen LogP contribution in [-0.4, -0.2) is 52.7 Å². The third kappa shape index (κ3) is 7.50. The van der Waals surface area contributed by atoms with Gasteiger partial charge in [0.1, 0.15) is 12.4 Å². The first-order chi connectivity index (χ1) is 13.7. The second-order valence-electron chi connectivity index (χ2n) is 6.31. The summed E-state index contributed by atoms with van der Waals surface area (Å²) >= 11 is 5.23. The van der Waals surface area contributed by atoms with Gasteiger partial charge in [0.25, 0.3) is 0 Å². The van der Waals surface area contributed by atoms with E-state index in [2.05, 4.69) is 20.3 Å². The van der Waals surface area contributed by atoms with Gasteiger partial charge < -0.3 is 14.8 Å². The molecule has 0 spiro atoms. The third-order valence-corrected chi connectivity index (χ3v) is 4.10. The zero-order valence-corrected chi connectivity index (χ0v) is 16.9. The SMILES string of the molecule is CCOc1ccc(-c2n[nH]c(=S)n2CCC(=O)NC(C)COCC(F)(F)F)cc1. The van der Waals surface area contributed by atoms with Crippen molar-refractivity contribution in [1.82, 2.24) is 20.1 Å². The molecule has 1 heterocycles. The molecule has 2 N–H and O–H groups in total. The van der Waals surface area contributed by atoms with Crippen molar-refractivity contribution < 1.29 is 27.4 Å². The molecule has 2 rings (SSSR count). The van der Waals surface area contributed by atoms with Crippen LogP contribution in [0.2, 0.25) is 0 Å². The molecule has 0 aliphatic heterocycles. The summed E-state index contributed by atoms with van der Waals surface area (Å²) in [6, 6.07) is 6.76. The average Bonchev–Trinajstić information content (AvgIpc) is 3.00. The molecule has 29 heavy (non-hydrogen) atoms. The van der Waals surface area contributed by atoms with E-state index in [4.69, 9.17) is 17.0 Å². The van der Waals surface area contributed by atoms with Crippen LogP contribution in [0, 0.1) is 4.77 Å². The zero-order valence-electron chi connectivity index (χ0n) is 16.1. The van der Waals surface area contributed by atoms with E-state index in [1.165, 1.54) is 0 Å². The summed E-state index contributed by atoms with van der Waals surface area (Å²) in [6.45, 7) is 2.72. The lowest BCUT2D eigenvalue weighted by molar-refractivity contribution is -0.175. The molecule has 0 bridgehead atoms. The summed E-state index contributed by atoms with van der Waals surface area (Å²) in [4.78, 5) is 12.1. The number of aromatic nitrogens is 3. The van der Waals surface area contributed by atoms with E-state index in [0.717, 1.165) is 11.3 Å². The van der Waals surface area contributed by atoms with Crippen molar-refractivity contribution in [3.63, 3.8) is 0 Å². The molecule has 0 aliphatic carbocycles. The number of nitrogens with zero attached hydrogens (tertiary/aromatic N) is 2. The first-order valence-electron chi connectivity index (χ1n) is 9.02. The highest BCUT2D eigenvalue weighted by molar-refractivity contribution is 7.71. The first kappa shape index (κ1) is 22.9. The molecule has 11 heteroatoms.